The largest absolute Gasteiger partial charge is 0.301 e. The SMILES string of the molecule is CN(C)Nc1ncc(Br)cc1F. The van der Waals surface area contributed by atoms with Gasteiger partial charge >= 0.3 is 0 Å². The first-order chi connectivity index (χ1) is 5.59. The van der Waals surface area contributed by atoms with Crippen LogP contribution in [-0.4, -0.2) is 24.1 Å². The molecule has 3 nitrogen and oxygen atoms in total. The van der Waals surface area contributed by atoms with Crippen molar-refractivity contribution >= 4 is 21.7 Å². The van der Waals surface area contributed by atoms with E-state index >= 15 is 0 Å². The maximum absolute atomic E-state index is 13.0. The fourth-order valence-electron chi connectivity index (χ4n) is 0.709. The average molecular weight is 234 g/mol. The third kappa shape index (κ3) is 2.42. The van der Waals surface area contributed by atoms with E-state index in [2.05, 4.69) is 26.3 Å². The van der Waals surface area contributed by atoms with E-state index in [0.717, 1.165) is 0 Å². The van der Waals surface area contributed by atoms with Crippen molar-refractivity contribution < 1.29 is 4.39 Å². The zero-order chi connectivity index (χ0) is 9.14. The molecule has 0 spiro atoms. The van der Waals surface area contributed by atoms with Crippen LogP contribution in [0.15, 0.2) is 16.7 Å². The molecule has 0 aliphatic carbocycles. The Morgan fingerprint density at radius 1 is 1.58 bits per heavy atom. The van der Waals surface area contributed by atoms with Crippen molar-refractivity contribution in [3.8, 4) is 0 Å². The van der Waals surface area contributed by atoms with Gasteiger partial charge in [0.25, 0.3) is 0 Å². The highest BCUT2D eigenvalue weighted by Gasteiger charge is 2.03. The summed E-state index contributed by atoms with van der Waals surface area (Å²) in [5.74, 6) is -0.152. The van der Waals surface area contributed by atoms with Gasteiger partial charge in [0.1, 0.15) is 0 Å². The van der Waals surface area contributed by atoms with Gasteiger partial charge in [-0.15, -0.1) is 0 Å². The lowest BCUT2D eigenvalue weighted by Crippen LogP contribution is -2.21. The Labute approximate surface area is 78.7 Å². The van der Waals surface area contributed by atoms with E-state index in [1.807, 2.05) is 0 Å². The van der Waals surface area contributed by atoms with Gasteiger partial charge in [-0.25, -0.2) is 14.4 Å². The minimum atomic E-state index is -0.377. The standard InChI is InChI=1S/C7H9BrFN3/c1-12(2)11-7-6(9)3-5(8)4-10-7/h3-4H,1-2H3,(H,10,11). The molecule has 1 aromatic heterocycles. The van der Waals surface area contributed by atoms with Gasteiger partial charge < -0.3 is 5.43 Å². The number of aromatic nitrogens is 1. The number of hydrogen-bond donors (Lipinski definition) is 1. The Morgan fingerprint density at radius 2 is 2.25 bits per heavy atom. The molecule has 1 N–H and O–H groups in total. The van der Waals surface area contributed by atoms with Crippen LogP contribution in [0.4, 0.5) is 10.2 Å². The van der Waals surface area contributed by atoms with Crippen LogP contribution >= 0.6 is 15.9 Å². The Balaban J connectivity index is 2.86. The fraction of sp³-hybridized carbons (Fsp3) is 0.286. The lowest BCUT2D eigenvalue weighted by Gasteiger charge is -2.12. The molecule has 0 atom stereocenters. The minimum absolute atomic E-state index is 0.225. The van der Waals surface area contributed by atoms with E-state index in [0.29, 0.717) is 4.47 Å². The number of pyridine rings is 1. The molecule has 0 radical (unpaired) electrons. The second-order valence-electron chi connectivity index (χ2n) is 2.49. The molecular formula is C7H9BrFN3. The molecule has 0 saturated carbocycles. The van der Waals surface area contributed by atoms with Gasteiger partial charge in [0.15, 0.2) is 11.6 Å². The number of hydrazine groups is 1. The van der Waals surface area contributed by atoms with E-state index in [4.69, 9.17) is 0 Å². The zero-order valence-electron chi connectivity index (χ0n) is 6.81. The zero-order valence-corrected chi connectivity index (χ0v) is 8.39. The molecule has 0 saturated heterocycles. The van der Waals surface area contributed by atoms with Crippen LogP contribution in [0.25, 0.3) is 0 Å². The van der Waals surface area contributed by atoms with E-state index in [1.165, 1.54) is 12.3 Å². The molecule has 1 heterocycles. The van der Waals surface area contributed by atoms with Crippen molar-refractivity contribution in [1.29, 1.82) is 0 Å². The van der Waals surface area contributed by atoms with Gasteiger partial charge in [-0.1, -0.05) is 0 Å². The second-order valence-corrected chi connectivity index (χ2v) is 3.41. The van der Waals surface area contributed by atoms with Crippen molar-refractivity contribution in [2.45, 2.75) is 0 Å². The van der Waals surface area contributed by atoms with Crippen LogP contribution in [0.2, 0.25) is 0 Å². The van der Waals surface area contributed by atoms with Crippen LogP contribution in [0, 0.1) is 5.82 Å². The highest BCUT2D eigenvalue weighted by atomic mass is 79.9. The summed E-state index contributed by atoms with van der Waals surface area (Å²) in [4.78, 5) is 3.84. The van der Waals surface area contributed by atoms with E-state index < -0.39 is 0 Å². The van der Waals surface area contributed by atoms with Gasteiger partial charge in [-0.2, -0.15) is 0 Å². The summed E-state index contributed by atoms with van der Waals surface area (Å²) in [5.41, 5.74) is 2.73. The van der Waals surface area contributed by atoms with Crippen molar-refractivity contribution in [3.63, 3.8) is 0 Å². The fourth-order valence-corrected chi connectivity index (χ4v) is 1.01. The first-order valence-corrected chi connectivity index (χ1v) is 4.14. The molecule has 1 aromatic rings. The van der Waals surface area contributed by atoms with Gasteiger partial charge in [0.05, 0.1) is 0 Å². The molecule has 0 aromatic carbocycles. The lowest BCUT2D eigenvalue weighted by atomic mass is 10.4. The highest BCUT2D eigenvalue weighted by Crippen LogP contribution is 2.15. The van der Waals surface area contributed by atoms with Gasteiger partial charge in [0.2, 0.25) is 0 Å². The normalized spacial score (nSPS) is 10.4. The predicted octanol–water partition coefficient (Wildman–Crippen LogP) is 1.87. The molecule has 12 heavy (non-hydrogen) atoms. The van der Waals surface area contributed by atoms with Crippen LogP contribution in [0.3, 0.4) is 0 Å². The highest BCUT2D eigenvalue weighted by molar-refractivity contribution is 9.10. The molecule has 66 valence electrons. The number of anilines is 1. The van der Waals surface area contributed by atoms with Crippen LogP contribution in [0.5, 0.6) is 0 Å². The monoisotopic (exact) mass is 233 g/mol. The molecule has 1 rings (SSSR count). The third-order valence-electron chi connectivity index (χ3n) is 1.14. The van der Waals surface area contributed by atoms with E-state index in [9.17, 15) is 4.39 Å². The topological polar surface area (TPSA) is 28.2 Å². The summed E-state index contributed by atoms with van der Waals surface area (Å²) in [6.07, 6.45) is 1.54. The first-order valence-electron chi connectivity index (χ1n) is 3.34. The number of hydrogen-bond acceptors (Lipinski definition) is 3. The summed E-state index contributed by atoms with van der Waals surface area (Å²) in [5, 5.41) is 1.62. The summed E-state index contributed by atoms with van der Waals surface area (Å²) < 4.78 is 13.7. The van der Waals surface area contributed by atoms with Gasteiger partial charge in [0, 0.05) is 24.8 Å². The number of halogens is 2. The van der Waals surface area contributed by atoms with Crippen LogP contribution in [-0.2, 0) is 0 Å². The predicted molar refractivity (Wildman–Crippen MR) is 49.2 cm³/mol. The third-order valence-corrected chi connectivity index (χ3v) is 1.57. The maximum atomic E-state index is 13.0. The molecule has 0 unspecified atom stereocenters. The van der Waals surface area contributed by atoms with E-state index in [1.54, 1.807) is 19.1 Å². The van der Waals surface area contributed by atoms with E-state index in [-0.39, 0.29) is 11.6 Å². The van der Waals surface area contributed by atoms with Gasteiger partial charge in [-0.05, 0) is 22.0 Å². The van der Waals surface area contributed by atoms with Crippen molar-refractivity contribution in [2.75, 3.05) is 19.5 Å². The molecule has 0 amide bonds. The van der Waals surface area contributed by atoms with Crippen LogP contribution < -0.4 is 5.43 Å². The summed E-state index contributed by atoms with van der Waals surface area (Å²) in [6.45, 7) is 0. The van der Waals surface area contributed by atoms with Crippen molar-refractivity contribution in [2.24, 2.45) is 0 Å². The lowest BCUT2D eigenvalue weighted by molar-refractivity contribution is 0.483. The minimum Gasteiger partial charge on any atom is -0.301 e. The smallest absolute Gasteiger partial charge is 0.176 e. The van der Waals surface area contributed by atoms with Crippen LogP contribution in [0.1, 0.15) is 0 Å². The van der Waals surface area contributed by atoms with Crippen molar-refractivity contribution in [1.82, 2.24) is 9.99 Å². The second kappa shape index (κ2) is 3.82. The number of rotatable bonds is 2. The average Bonchev–Trinajstić information content (AvgIpc) is 1.94. The quantitative estimate of drug-likeness (QED) is 0.791. The molecule has 0 bridgehead atoms. The Hall–Kier alpha value is -0.680. The summed E-state index contributed by atoms with van der Waals surface area (Å²) in [6, 6.07) is 1.36. The summed E-state index contributed by atoms with van der Waals surface area (Å²) in [7, 11) is 3.53. The van der Waals surface area contributed by atoms with Crippen molar-refractivity contribution in [3.05, 3.63) is 22.6 Å². The molecule has 0 aliphatic heterocycles. The Bertz CT molecular complexity index is 277. The molecular weight excluding hydrogens is 225 g/mol. The Kier molecular flexibility index (Phi) is 2.99. The molecule has 5 heteroatoms. The van der Waals surface area contributed by atoms with Gasteiger partial charge in [-0.3, -0.25) is 0 Å². The number of nitrogens with zero attached hydrogens (tertiary/aromatic N) is 2. The molecule has 0 fully saturated rings. The first kappa shape index (κ1) is 9.41. The molecule has 0 aliphatic rings. The summed E-state index contributed by atoms with van der Waals surface area (Å²) >= 11 is 3.12. The maximum Gasteiger partial charge on any atom is 0.176 e. The Morgan fingerprint density at radius 3 is 2.75 bits per heavy atom. The number of nitrogens with one attached hydrogen (secondary N) is 1.